The van der Waals surface area contributed by atoms with E-state index in [1.807, 2.05) is 13.0 Å². The number of carboxylic acid groups (broad SMARTS) is 1. The van der Waals surface area contributed by atoms with Crippen molar-refractivity contribution in [3.8, 4) is 0 Å². The summed E-state index contributed by atoms with van der Waals surface area (Å²) in [7, 11) is 0. The largest absolute Gasteiger partial charge is 0.465 e. The highest BCUT2D eigenvalue weighted by molar-refractivity contribution is 9.10. The van der Waals surface area contributed by atoms with Crippen molar-refractivity contribution < 1.29 is 14.7 Å². The molecular weight excluding hydrogens is 360 g/mol. The summed E-state index contributed by atoms with van der Waals surface area (Å²) in [6, 6.07) is 3.57. The van der Waals surface area contributed by atoms with Gasteiger partial charge in [0.15, 0.2) is 0 Å². The molecule has 0 unspecified atom stereocenters. The number of nitrogens with zero attached hydrogens (tertiary/aromatic N) is 1. The number of rotatable bonds is 2. The molecule has 21 heavy (non-hydrogen) atoms. The minimum absolute atomic E-state index is 0.0811. The van der Waals surface area contributed by atoms with Crippen LogP contribution in [-0.4, -0.2) is 35.1 Å². The molecule has 1 aromatic rings. The molecule has 1 aliphatic rings. The molecule has 1 aliphatic heterocycles. The fourth-order valence-corrected chi connectivity index (χ4v) is 3.06. The maximum atomic E-state index is 12.3. The molecule has 2 rings (SSSR count). The van der Waals surface area contributed by atoms with Crippen LogP contribution < -0.4 is 5.32 Å². The number of carbonyl (C=O) groups is 2. The summed E-state index contributed by atoms with van der Waals surface area (Å²) in [6.07, 6.45) is 0.162. The fourth-order valence-electron chi connectivity index (χ4n) is 2.32. The van der Waals surface area contributed by atoms with E-state index < -0.39 is 6.09 Å². The predicted molar refractivity (Wildman–Crippen MR) is 84.8 cm³/mol. The van der Waals surface area contributed by atoms with E-state index in [0.717, 1.165) is 10.0 Å². The quantitative estimate of drug-likeness (QED) is 0.827. The Labute approximate surface area is 136 Å². The number of benzene rings is 1. The van der Waals surface area contributed by atoms with E-state index in [0.29, 0.717) is 36.6 Å². The lowest BCUT2D eigenvalue weighted by atomic mass is 9.96. The van der Waals surface area contributed by atoms with E-state index in [-0.39, 0.29) is 11.8 Å². The van der Waals surface area contributed by atoms with E-state index in [1.165, 1.54) is 4.90 Å². The molecule has 0 saturated carbocycles. The summed E-state index contributed by atoms with van der Waals surface area (Å²) in [6.45, 7) is 2.66. The first kappa shape index (κ1) is 16.1. The highest BCUT2D eigenvalue weighted by Gasteiger charge is 2.27. The van der Waals surface area contributed by atoms with Crippen LogP contribution in [0.1, 0.15) is 18.4 Å². The van der Waals surface area contributed by atoms with Crippen LogP contribution in [0.3, 0.4) is 0 Å². The number of hydrogen-bond acceptors (Lipinski definition) is 2. The van der Waals surface area contributed by atoms with E-state index in [9.17, 15) is 9.59 Å². The van der Waals surface area contributed by atoms with Crippen molar-refractivity contribution >= 4 is 45.2 Å². The number of nitrogens with one attached hydrogen (secondary N) is 1. The highest BCUT2D eigenvalue weighted by atomic mass is 79.9. The molecule has 2 N–H and O–H groups in total. The summed E-state index contributed by atoms with van der Waals surface area (Å²) >= 11 is 9.39. The van der Waals surface area contributed by atoms with Gasteiger partial charge in [-0.25, -0.2) is 4.79 Å². The third-order valence-electron chi connectivity index (χ3n) is 3.64. The number of amides is 2. The van der Waals surface area contributed by atoms with E-state index >= 15 is 0 Å². The zero-order valence-electron chi connectivity index (χ0n) is 11.5. The Hall–Kier alpha value is -1.27. The third-order valence-corrected chi connectivity index (χ3v) is 4.71. The molecule has 1 fully saturated rings. The van der Waals surface area contributed by atoms with Crippen LogP contribution in [0.2, 0.25) is 5.02 Å². The van der Waals surface area contributed by atoms with Gasteiger partial charge in [-0.2, -0.15) is 0 Å². The van der Waals surface area contributed by atoms with Gasteiger partial charge in [0, 0.05) is 28.5 Å². The summed E-state index contributed by atoms with van der Waals surface area (Å²) in [5.74, 6) is -0.244. The van der Waals surface area contributed by atoms with Crippen LogP contribution in [0.5, 0.6) is 0 Å². The van der Waals surface area contributed by atoms with Gasteiger partial charge in [-0.1, -0.05) is 11.6 Å². The van der Waals surface area contributed by atoms with Crippen molar-refractivity contribution in [1.82, 2.24) is 4.90 Å². The van der Waals surface area contributed by atoms with Crippen LogP contribution >= 0.6 is 27.5 Å². The van der Waals surface area contributed by atoms with Crippen LogP contribution in [0.25, 0.3) is 0 Å². The second-order valence-corrected chi connectivity index (χ2v) is 6.38. The van der Waals surface area contributed by atoms with Gasteiger partial charge < -0.3 is 15.3 Å². The molecule has 0 radical (unpaired) electrons. The van der Waals surface area contributed by atoms with Gasteiger partial charge in [-0.05, 0) is 53.4 Å². The molecule has 0 aromatic heterocycles. The first-order valence-corrected chi connectivity index (χ1v) is 7.80. The lowest BCUT2D eigenvalue weighted by molar-refractivity contribution is -0.121. The van der Waals surface area contributed by atoms with Gasteiger partial charge in [0.05, 0.1) is 5.69 Å². The van der Waals surface area contributed by atoms with Gasteiger partial charge in [0.2, 0.25) is 5.91 Å². The maximum Gasteiger partial charge on any atom is 0.407 e. The summed E-state index contributed by atoms with van der Waals surface area (Å²) in [4.78, 5) is 24.4. The van der Waals surface area contributed by atoms with Crippen LogP contribution in [-0.2, 0) is 4.79 Å². The van der Waals surface area contributed by atoms with Gasteiger partial charge in [-0.15, -0.1) is 0 Å². The topological polar surface area (TPSA) is 69.6 Å². The minimum atomic E-state index is -0.926. The van der Waals surface area contributed by atoms with Gasteiger partial charge >= 0.3 is 6.09 Å². The van der Waals surface area contributed by atoms with E-state index in [1.54, 1.807) is 6.07 Å². The average Bonchev–Trinajstić information content (AvgIpc) is 2.44. The van der Waals surface area contributed by atoms with Crippen molar-refractivity contribution in [2.24, 2.45) is 5.92 Å². The fraction of sp³-hybridized carbons (Fsp3) is 0.429. The van der Waals surface area contributed by atoms with Crippen molar-refractivity contribution in [3.05, 3.63) is 27.2 Å². The van der Waals surface area contributed by atoms with Crippen LogP contribution in [0, 0.1) is 12.8 Å². The Morgan fingerprint density at radius 1 is 1.38 bits per heavy atom. The Balaban J connectivity index is 2.00. The molecule has 2 amide bonds. The van der Waals surface area contributed by atoms with E-state index in [2.05, 4.69) is 21.2 Å². The normalized spacial score (nSPS) is 15.9. The minimum Gasteiger partial charge on any atom is -0.465 e. The highest BCUT2D eigenvalue weighted by Crippen LogP contribution is 2.30. The molecule has 0 bridgehead atoms. The first-order chi connectivity index (χ1) is 9.88. The average molecular weight is 376 g/mol. The standard InChI is InChI=1S/C14H16BrClN2O3/c1-8-6-12(10(15)7-11(8)16)17-13(19)9-2-4-18(5-3-9)14(20)21/h6-7,9H,2-5H2,1H3,(H,17,19)(H,20,21). The summed E-state index contributed by atoms with van der Waals surface area (Å²) in [5.41, 5.74) is 1.57. The Morgan fingerprint density at radius 3 is 2.57 bits per heavy atom. The molecule has 1 heterocycles. The number of hydrogen-bond donors (Lipinski definition) is 2. The van der Waals surface area contributed by atoms with E-state index in [4.69, 9.17) is 16.7 Å². The molecule has 0 spiro atoms. The zero-order valence-corrected chi connectivity index (χ0v) is 13.9. The number of likely N-dealkylation sites (tertiary alicyclic amines) is 1. The monoisotopic (exact) mass is 374 g/mol. The number of halogens is 2. The molecule has 0 atom stereocenters. The van der Waals surface area contributed by atoms with Crippen LogP contribution in [0.4, 0.5) is 10.5 Å². The second-order valence-electron chi connectivity index (χ2n) is 5.11. The molecule has 7 heteroatoms. The molecule has 1 saturated heterocycles. The van der Waals surface area contributed by atoms with Crippen molar-refractivity contribution in [2.75, 3.05) is 18.4 Å². The second kappa shape index (κ2) is 6.66. The van der Waals surface area contributed by atoms with Crippen molar-refractivity contribution in [2.45, 2.75) is 19.8 Å². The molecular formula is C14H16BrClN2O3. The number of aryl methyl sites for hydroxylation is 1. The Morgan fingerprint density at radius 2 is 2.00 bits per heavy atom. The summed E-state index contributed by atoms with van der Waals surface area (Å²) < 4.78 is 0.731. The molecule has 5 nitrogen and oxygen atoms in total. The molecule has 0 aliphatic carbocycles. The lowest BCUT2D eigenvalue weighted by Crippen LogP contribution is -2.40. The number of carbonyl (C=O) groups excluding carboxylic acids is 1. The Kier molecular flexibility index (Phi) is 5.11. The van der Waals surface area contributed by atoms with Gasteiger partial charge in [0.1, 0.15) is 0 Å². The SMILES string of the molecule is Cc1cc(NC(=O)C2CCN(C(=O)O)CC2)c(Br)cc1Cl. The van der Waals surface area contributed by atoms with Crippen molar-refractivity contribution in [3.63, 3.8) is 0 Å². The summed E-state index contributed by atoms with van der Waals surface area (Å²) in [5, 5.41) is 12.4. The zero-order chi connectivity index (χ0) is 15.6. The smallest absolute Gasteiger partial charge is 0.407 e. The number of piperidine rings is 1. The number of anilines is 1. The third kappa shape index (κ3) is 3.89. The van der Waals surface area contributed by atoms with Gasteiger partial charge in [0.25, 0.3) is 0 Å². The first-order valence-electron chi connectivity index (χ1n) is 6.63. The Bertz CT molecular complexity index is 572. The molecule has 1 aromatic carbocycles. The maximum absolute atomic E-state index is 12.3. The van der Waals surface area contributed by atoms with Crippen LogP contribution in [0.15, 0.2) is 16.6 Å². The van der Waals surface area contributed by atoms with Crippen molar-refractivity contribution in [1.29, 1.82) is 0 Å². The lowest BCUT2D eigenvalue weighted by Gasteiger charge is -2.29. The molecule has 114 valence electrons. The van der Waals surface area contributed by atoms with Gasteiger partial charge in [-0.3, -0.25) is 4.79 Å². The predicted octanol–water partition coefficient (Wildman–Crippen LogP) is 3.74.